The van der Waals surface area contributed by atoms with E-state index in [4.69, 9.17) is 4.52 Å². The Morgan fingerprint density at radius 2 is 2.05 bits per heavy atom. The van der Waals surface area contributed by atoms with Crippen LogP contribution in [0, 0.1) is 5.92 Å². The van der Waals surface area contributed by atoms with Crippen LogP contribution in [0.5, 0.6) is 0 Å². The molecule has 2 atom stereocenters. The Kier molecular flexibility index (Phi) is 3.99. The smallest absolute Gasteiger partial charge is 0.217 e. The van der Waals surface area contributed by atoms with E-state index >= 15 is 0 Å². The quantitative estimate of drug-likeness (QED) is 0.942. The Bertz CT molecular complexity index is 723. The lowest BCUT2D eigenvalue weighted by molar-refractivity contribution is 0.310. The Morgan fingerprint density at radius 3 is 2.86 bits per heavy atom. The van der Waals surface area contributed by atoms with Gasteiger partial charge in [-0.1, -0.05) is 37.1 Å². The average molecular weight is 308 g/mol. The van der Waals surface area contributed by atoms with Gasteiger partial charge in [-0.05, 0) is 30.9 Å². The van der Waals surface area contributed by atoms with Gasteiger partial charge in [0.2, 0.25) is 10.0 Å². The Balaban J connectivity index is 1.76. The van der Waals surface area contributed by atoms with Crippen molar-refractivity contribution < 1.29 is 12.9 Å². The van der Waals surface area contributed by atoms with Gasteiger partial charge in [0.15, 0.2) is 5.58 Å². The number of benzene rings is 1. The van der Waals surface area contributed by atoms with Crippen LogP contribution in [0.15, 0.2) is 28.8 Å². The highest BCUT2D eigenvalue weighted by Crippen LogP contribution is 2.25. The van der Waals surface area contributed by atoms with Crippen molar-refractivity contribution in [1.82, 2.24) is 9.88 Å². The molecule has 1 aliphatic rings. The summed E-state index contributed by atoms with van der Waals surface area (Å²) in [5, 5.41) is 4.66. The number of nitrogens with zero attached hydrogens (tertiary/aromatic N) is 1. The fourth-order valence-corrected chi connectivity index (χ4v) is 4.45. The van der Waals surface area contributed by atoms with E-state index in [0.29, 0.717) is 17.2 Å². The fourth-order valence-electron chi connectivity index (χ4n) is 2.99. The van der Waals surface area contributed by atoms with E-state index in [9.17, 15) is 8.42 Å². The molecule has 1 N–H and O–H groups in total. The van der Waals surface area contributed by atoms with Crippen molar-refractivity contribution in [3.05, 3.63) is 30.0 Å². The molecule has 0 radical (unpaired) electrons. The van der Waals surface area contributed by atoms with E-state index in [1.807, 2.05) is 18.2 Å². The SMILES string of the molecule is CC1CCCCC1NS(=O)(=O)Cc1noc2ccccc12. The molecule has 1 aromatic carbocycles. The Labute approximate surface area is 124 Å². The van der Waals surface area contributed by atoms with E-state index in [0.717, 1.165) is 24.6 Å². The first-order valence-electron chi connectivity index (χ1n) is 7.38. The van der Waals surface area contributed by atoms with Crippen LogP contribution >= 0.6 is 0 Å². The second-order valence-corrected chi connectivity index (χ2v) is 7.62. The third-order valence-electron chi connectivity index (χ3n) is 4.22. The molecule has 0 amide bonds. The number of hydrogen-bond acceptors (Lipinski definition) is 4. The summed E-state index contributed by atoms with van der Waals surface area (Å²) in [6.45, 7) is 2.11. The van der Waals surface area contributed by atoms with Crippen LogP contribution in [-0.2, 0) is 15.8 Å². The zero-order chi connectivity index (χ0) is 14.9. The van der Waals surface area contributed by atoms with Gasteiger partial charge in [-0.15, -0.1) is 0 Å². The highest BCUT2D eigenvalue weighted by atomic mass is 32.2. The van der Waals surface area contributed by atoms with Crippen molar-refractivity contribution in [3.63, 3.8) is 0 Å². The number of fused-ring (bicyclic) bond motifs is 1. The van der Waals surface area contributed by atoms with Crippen molar-refractivity contribution in [3.8, 4) is 0 Å². The molecule has 2 unspecified atom stereocenters. The Hall–Kier alpha value is -1.40. The predicted molar refractivity (Wildman–Crippen MR) is 81.2 cm³/mol. The normalized spacial score (nSPS) is 23.5. The Morgan fingerprint density at radius 1 is 1.29 bits per heavy atom. The van der Waals surface area contributed by atoms with Gasteiger partial charge < -0.3 is 4.52 Å². The summed E-state index contributed by atoms with van der Waals surface area (Å²) in [6.07, 6.45) is 4.28. The third kappa shape index (κ3) is 3.27. The number of hydrogen-bond donors (Lipinski definition) is 1. The third-order valence-corrected chi connectivity index (χ3v) is 5.54. The molecule has 1 heterocycles. The van der Waals surface area contributed by atoms with Gasteiger partial charge in [0.25, 0.3) is 0 Å². The number of nitrogens with one attached hydrogen (secondary N) is 1. The summed E-state index contributed by atoms with van der Waals surface area (Å²) in [7, 11) is -3.40. The van der Waals surface area contributed by atoms with Crippen LogP contribution in [0.4, 0.5) is 0 Å². The van der Waals surface area contributed by atoms with Gasteiger partial charge >= 0.3 is 0 Å². The minimum Gasteiger partial charge on any atom is -0.356 e. The van der Waals surface area contributed by atoms with E-state index in [1.54, 1.807) is 6.07 Å². The van der Waals surface area contributed by atoms with Crippen LogP contribution in [0.2, 0.25) is 0 Å². The molecule has 0 saturated heterocycles. The van der Waals surface area contributed by atoms with E-state index in [-0.39, 0.29) is 11.8 Å². The molecule has 0 bridgehead atoms. The minimum absolute atomic E-state index is 0.0434. The van der Waals surface area contributed by atoms with Gasteiger partial charge in [-0.25, -0.2) is 13.1 Å². The molecular formula is C15H20N2O3S. The highest BCUT2D eigenvalue weighted by Gasteiger charge is 2.27. The molecule has 3 rings (SSSR count). The van der Waals surface area contributed by atoms with Gasteiger partial charge in [-0.2, -0.15) is 0 Å². The van der Waals surface area contributed by atoms with Gasteiger partial charge in [0.1, 0.15) is 11.4 Å². The summed E-state index contributed by atoms with van der Waals surface area (Å²) in [5.74, 6) is 0.260. The van der Waals surface area contributed by atoms with Gasteiger partial charge in [0.05, 0.1) is 0 Å². The topological polar surface area (TPSA) is 72.2 Å². The van der Waals surface area contributed by atoms with E-state index in [1.165, 1.54) is 6.42 Å². The van der Waals surface area contributed by atoms with Crippen LogP contribution in [0.1, 0.15) is 38.3 Å². The first-order valence-corrected chi connectivity index (χ1v) is 9.04. The lowest BCUT2D eigenvalue weighted by Gasteiger charge is -2.29. The molecule has 21 heavy (non-hydrogen) atoms. The van der Waals surface area contributed by atoms with E-state index < -0.39 is 10.0 Å². The summed E-state index contributed by atoms with van der Waals surface area (Å²) >= 11 is 0. The number of sulfonamides is 1. The fraction of sp³-hybridized carbons (Fsp3) is 0.533. The highest BCUT2D eigenvalue weighted by molar-refractivity contribution is 7.88. The van der Waals surface area contributed by atoms with Crippen molar-refractivity contribution in [2.24, 2.45) is 5.92 Å². The lowest BCUT2D eigenvalue weighted by atomic mass is 9.87. The lowest BCUT2D eigenvalue weighted by Crippen LogP contribution is -2.41. The maximum Gasteiger partial charge on any atom is 0.217 e. The zero-order valence-corrected chi connectivity index (χ0v) is 12.9. The maximum absolute atomic E-state index is 12.4. The second-order valence-electron chi connectivity index (χ2n) is 5.87. The molecule has 1 fully saturated rings. The summed E-state index contributed by atoms with van der Waals surface area (Å²) in [5.41, 5.74) is 1.09. The molecular weight excluding hydrogens is 288 g/mol. The second kappa shape index (κ2) is 5.77. The maximum atomic E-state index is 12.4. The van der Waals surface area contributed by atoms with Crippen LogP contribution in [-0.4, -0.2) is 19.6 Å². The first-order chi connectivity index (χ1) is 10.1. The number of aromatic nitrogens is 1. The van der Waals surface area contributed by atoms with Crippen LogP contribution in [0.3, 0.4) is 0 Å². The van der Waals surface area contributed by atoms with E-state index in [2.05, 4.69) is 16.8 Å². The molecule has 0 aliphatic heterocycles. The predicted octanol–water partition coefficient (Wildman–Crippen LogP) is 2.83. The largest absolute Gasteiger partial charge is 0.356 e. The first kappa shape index (κ1) is 14.5. The van der Waals surface area contributed by atoms with Crippen molar-refractivity contribution in [2.45, 2.75) is 44.4 Å². The molecule has 5 nitrogen and oxygen atoms in total. The molecule has 0 spiro atoms. The number of para-hydroxylation sites is 1. The van der Waals surface area contributed by atoms with Crippen LogP contribution < -0.4 is 4.72 Å². The molecule has 1 saturated carbocycles. The van der Waals surface area contributed by atoms with Crippen molar-refractivity contribution in [1.29, 1.82) is 0 Å². The molecule has 1 aromatic heterocycles. The summed E-state index contributed by atoms with van der Waals surface area (Å²) in [6, 6.07) is 7.36. The molecule has 2 aromatic rings. The standard InChI is InChI=1S/C15H20N2O3S/c1-11-6-2-4-8-13(11)17-21(18,19)10-14-12-7-3-5-9-15(12)20-16-14/h3,5,7,9,11,13,17H,2,4,6,8,10H2,1H3. The summed E-state index contributed by atoms with van der Waals surface area (Å²) < 4.78 is 32.7. The average Bonchev–Trinajstić information content (AvgIpc) is 2.84. The van der Waals surface area contributed by atoms with Crippen LogP contribution in [0.25, 0.3) is 11.0 Å². The van der Waals surface area contributed by atoms with Gasteiger partial charge in [0, 0.05) is 11.4 Å². The molecule has 114 valence electrons. The molecule has 6 heteroatoms. The van der Waals surface area contributed by atoms with Crippen molar-refractivity contribution >= 4 is 21.0 Å². The van der Waals surface area contributed by atoms with Crippen molar-refractivity contribution in [2.75, 3.05) is 0 Å². The number of rotatable bonds is 4. The minimum atomic E-state index is -3.40. The van der Waals surface area contributed by atoms with Gasteiger partial charge in [-0.3, -0.25) is 0 Å². The molecule has 1 aliphatic carbocycles. The zero-order valence-electron chi connectivity index (χ0n) is 12.1. The summed E-state index contributed by atoms with van der Waals surface area (Å²) in [4.78, 5) is 0. The monoisotopic (exact) mass is 308 g/mol.